The van der Waals surface area contributed by atoms with Crippen molar-refractivity contribution in [3.63, 3.8) is 0 Å². The number of aliphatic hydroxyl groups excluding tert-OH is 1. The predicted octanol–water partition coefficient (Wildman–Crippen LogP) is 2.82. The van der Waals surface area contributed by atoms with Crippen molar-refractivity contribution in [1.82, 2.24) is 14.8 Å². The van der Waals surface area contributed by atoms with Crippen LogP contribution in [-0.2, 0) is 4.79 Å². The summed E-state index contributed by atoms with van der Waals surface area (Å²) in [5.74, 6) is 7.05. The number of amides is 2. The lowest BCUT2D eigenvalue weighted by molar-refractivity contribution is -0.159. The highest BCUT2D eigenvalue weighted by atomic mass is 16.3. The summed E-state index contributed by atoms with van der Waals surface area (Å²) in [6.07, 6.45) is 9.39. The molecule has 0 spiro atoms. The van der Waals surface area contributed by atoms with Crippen LogP contribution in [-0.4, -0.2) is 63.5 Å². The first kappa shape index (κ1) is 21.7. The molecular formula is C27H29N3O3. The zero-order chi connectivity index (χ0) is 22.8. The number of aliphatic hydroxyl groups is 1. The molecule has 3 aliphatic rings. The Hall–Kier alpha value is -3.17. The molecule has 2 amide bonds. The van der Waals surface area contributed by atoms with Gasteiger partial charge in [0, 0.05) is 36.8 Å². The molecule has 33 heavy (non-hydrogen) atoms. The standard InChI is InChI=1S/C27H29N3O3/c31-18-24-26(21-12-10-20(11-13-21)8-3-7-19-5-1-2-6-19)23-16-29(17-25(32)30(23)24)27(33)22-9-4-14-28-15-22/h4,9-15,19,23-24,26,31H,1-2,5-7,16-18H2/t23-,24+,26+/m0/s1. The Bertz CT molecular complexity index is 1070. The first-order chi connectivity index (χ1) is 16.2. The van der Waals surface area contributed by atoms with E-state index >= 15 is 0 Å². The average Bonchev–Trinajstić information content (AvgIpc) is 3.35. The summed E-state index contributed by atoms with van der Waals surface area (Å²) in [5, 5.41) is 10.00. The van der Waals surface area contributed by atoms with E-state index in [9.17, 15) is 14.7 Å². The maximum Gasteiger partial charge on any atom is 0.255 e. The Morgan fingerprint density at radius 1 is 1.15 bits per heavy atom. The fraction of sp³-hybridized carbons (Fsp3) is 0.444. The smallest absolute Gasteiger partial charge is 0.255 e. The van der Waals surface area contributed by atoms with E-state index < -0.39 is 0 Å². The van der Waals surface area contributed by atoms with Crippen LogP contribution in [0, 0.1) is 17.8 Å². The Balaban J connectivity index is 1.30. The molecule has 1 aromatic carbocycles. The molecule has 0 radical (unpaired) electrons. The summed E-state index contributed by atoms with van der Waals surface area (Å²) in [7, 11) is 0. The summed E-state index contributed by atoms with van der Waals surface area (Å²) in [4.78, 5) is 33.1. The molecule has 170 valence electrons. The van der Waals surface area contributed by atoms with Gasteiger partial charge in [0.1, 0.15) is 6.54 Å². The molecular weight excluding hydrogens is 414 g/mol. The quantitative estimate of drug-likeness (QED) is 0.738. The molecule has 3 fully saturated rings. The van der Waals surface area contributed by atoms with Crippen molar-refractivity contribution in [2.45, 2.75) is 50.1 Å². The highest BCUT2D eigenvalue weighted by molar-refractivity contribution is 5.97. The predicted molar refractivity (Wildman–Crippen MR) is 124 cm³/mol. The van der Waals surface area contributed by atoms with E-state index in [0.717, 1.165) is 23.5 Å². The van der Waals surface area contributed by atoms with Gasteiger partial charge in [-0.1, -0.05) is 36.8 Å². The van der Waals surface area contributed by atoms with Gasteiger partial charge in [-0.2, -0.15) is 0 Å². The van der Waals surface area contributed by atoms with E-state index in [2.05, 4.69) is 29.0 Å². The van der Waals surface area contributed by atoms with Crippen LogP contribution in [0.2, 0.25) is 0 Å². The third-order valence-electron chi connectivity index (χ3n) is 7.34. The Morgan fingerprint density at radius 2 is 1.94 bits per heavy atom. The molecule has 6 nitrogen and oxygen atoms in total. The van der Waals surface area contributed by atoms with E-state index in [4.69, 9.17) is 0 Å². The van der Waals surface area contributed by atoms with Crippen LogP contribution >= 0.6 is 0 Å². The summed E-state index contributed by atoms with van der Waals surface area (Å²) in [5.41, 5.74) is 2.54. The maximum atomic E-state index is 12.9. The van der Waals surface area contributed by atoms with Crippen LogP contribution in [0.15, 0.2) is 48.8 Å². The van der Waals surface area contributed by atoms with Crippen molar-refractivity contribution in [3.05, 3.63) is 65.5 Å². The van der Waals surface area contributed by atoms with Crippen molar-refractivity contribution in [2.24, 2.45) is 5.92 Å². The van der Waals surface area contributed by atoms with E-state index in [1.54, 1.807) is 28.1 Å². The fourth-order valence-corrected chi connectivity index (χ4v) is 5.63. The normalized spacial score (nSPS) is 24.6. The maximum absolute atomic E-state index is 12.9. The summed E-state index contributed by atoms with van der Waals surface area (Å²) in [6.45, 7) is 0.388. The number of hydrogen-bond donors (Lipinski definition) is 1. The molecule has 2 saturated heterocycles. The van der Waals surface area contributed by atoms with Gasteiger partial charge in [-0.25, -0.2) is 0 Å². The van der Waals surface area contributed by atoms with Crippen molar-refractivity contribution in [2.75, 3.05) is 19.7 Å². The number of fused-ring (bicyclic) bond motifs is 1. The van der Waals surface area contributed by atoms with E-state index in [1.165, 1.54) is 31.9 Å². The molecule has 1 N–H and O–H groups in total. The number of rotatable bonds is 4. The summed E-state index contributed by atoms with van der Waals surface area (Å²) in [6, 6.07) is 11.2. The lowest BCUT2D eigenvalue weighted by atomic mass is 9.73. The molecule has 3 atom stereocenters. The summed E-state index contributed by atoms with van der Waals surface area (Å²) < 4.78 is 0. The number of benzene rings is 1. The highest BCUT2D eigenvalue weighted by Gasteiger charge is 2.54. The molecule has 1 aliphatic carbocycles. The second kappa shape index (κ2) is 9.36. The molecule has 2 aromatic rings. The lowest BCUT2D eigenvalue weighted by Crippen LogP contribution is -2.73. The minimum absolute atomic E-state index is 0.0102. The van der Waals surface area contributed by atoms with Crippen LogP contribution in [0.1, 0.15) is 59.5 Å². The minimum Gasteiger partial charge on any atom is -0.394 e. The molecule has 5 rings (SSSR count). The minimum atomic E-state index is -0.252. The topological polar surface area (TPSA) is 73.7 Å². The van der Waals surface area contributed by atoms with Gasteiger partial charge < -0.3 is 14.9 Å². The molecule has 1 aromatic heterocycles. The van der Waals surface area contributed by atoms with Gasteiger partial charge in [-0.3, -0.25) is 14.6 Å². The third kappa shape index (κ3) is 4.26. The average molecular weight is 444 g/mol. The number of carbonyl (C=O) groups excluding carboxylic acids is 2. The van der Waals surface area contributed by atoms with Crippen LogP contribution in [0.25, 0.3) is 0 Å². The number of hydrogen-bond acceptors (Lipinski definition) is 4. The van der Waals surface area contributed by atoms with Crippen molar-refractivity contribution >= 4 is 11.8 Å². The van der Waals surface area contributed by atoms with E-state index in [-0.39, 0.29) is 43.0 Å². The Kier molecular flexibility index (Phi) is 6.15. The van der Waals surface area contributed by atoms with Gasteiger partial charge in [0.05, 0.1) is 24.3 Å². The van der Waals surface area contributed by atoms with Crippen molar-refractivity contribution < 1.29 is 14.7 Å². The number of aromatic nitrogens is 1. The number of pyridine rings is 1. The molecule has 1 saturated carbocycles. The number of nitrogens with zero attached hydrogens (tertiary/aromatic N) is 3. The zero-order valence-electron chi connectivity index (χ0n) is 18.7. The highest BCUT2D eigenvalue weighted by Crippen LogP contribution is 2.43. The number of piperazine rings is 1. The first-order valence-electron chi connectivity index (χ1n) is 11.9. The van der Waals surface area contributed by atoms with Gasteiger partial charge in [0.2, 0.25) is 5.91 Å². The van der Waals surface area contributed by atoms with Gasteiger partial charge in [0.15, 0.2) is 0 Å². The van der Waals surface area contributed by atoms with Gasteiger partial charge in [-0.05, 0) is 48.6 Å². The van der Waals surface area contributed by atoms with Crippen LogP contribution in [0.5, 0.6) is 0 Å². The second-order valence-corrected chi connectivity index (χ2v) is 9.35. The van der Waals surface area contributed by atoms with Gasteiger partial charge in [-0.15, -0.1) is 0 Å². The van der Waals surface area contributed by atoms with E-state index in [1.807, 2.05) is 12.1 Å². The zero-order valence-corrected chi connectivity index (χ0v) is 18.7. The van der Waals surface area contributed by atoms with Crippen LogP contribution in [0.4, 0.5) is 0 Å². The molecule has 6 heteroatoms. The monoisotopic (exact) mass is 443 g/mol. The summed E-state index contributed by atoms with van der Waals surface area (Å²) >= 11 is 0. The molecule has 0 unspecified atom stereocenters. The third-order valence-corrected chi connectivity index (χ3v) is 7.34. The Morgan fingerprint density at radius 3 is 2.64 bits per heavy atom. The van der Waals surface area contributed by atoms with Gasteiger partial charge >= 0.3 is 0 Å². The van der Waals surface area contributed by atoms with Crippen molar-refractivity contribution in [3.8, 4) is 11.8 Å². The molecule has 3 heterocycles. The van der Waals surface area contributed by atoms with Gasteiger partial charge in [0.25, 0.3) is 5.91 Å². The van der Waals surface area contributed by atoms with Crippen LogP contribution < -0.4 is 0 Å². The Labute approximate surface area is 194 Å². The SMILES string of the molecule is O=C(c1cccnc1)N1CC(=O)N2[C@H](CO)[C@H](c3ccc(C#CCC4CCCC4)cc3)[C@@H]2C1. The second-order valence-electron chi connectivity index (χ2n) is 9.35. The molecule has 2 aliphatic heterocycles. The molecule has 0 bridgehead atoms. The van der Waals surface area contributed by atoms with Crippen LogP contribution in [0.3, 0.4) is 0 Å². The largest absolute Gasteiger partial charge is 0.394 e. The van der Waals surface area contributed by atoms with E-state index in [0.29, 0.717) is 12.1 Å². The lowest BCUT2D eigenvalue weighted by Gasteiger charge is -2.58. The fourth-order valence-electron chi connectivity index (χ4n) is 5.63. The van der Waals surface area contributed by atoms with Crippen molar-refractivity contribution in [1.29, 1.82) is 0 Å². The number of carbonyl (C=O) groups is 2. The first-order valence-corrected chi connectivity index (χ1v) is 11.9.